The van der Waals surface area contributed by atoms with Crippen LogP contribution in [0.4, 0.5) is 0 Å². The molecule has 0 N–H and O–H groups in total. The maximum absolute atomic E-state index is 12.2. The van der Waals surface area contributed by atoms with Crippen LogP contribution in [0.5, 0.6) is 0 Å². The van der Waals surface area contributed by atoms with E-state index in [2.05, 4.69) is 17.0 Å². The summed E-state index contributed by atoms with van der Waals surface area (Å²) >= 11 is 12.2. The van der Waals surface area contributed by atoms with Gasteiger partial charge in [0.25, 0.3) is 0 Å². The third-order valence-electron chi connectivity index (χ3n) is 4.52. The maximum Gasteiger partial charge on any atom is 0.310 e. The lowest BCUT2D eigenvalue weighted by atomic mass is 9.89. The summed E-state index contributed by atoms with van der Waals surface area (Å²) in [6.07, 6.45) is 0. The second-order valence-electron chi connectivity index (χ2n) is 6.09. The number of halogens is 2. The summed E-state index contributed by atoms with van der Waals surface area (Å²) in [7, 11) is 1.44. The summed E-state index contributed by atoms with van der Waals surface area (Å²) < 4.78 is 5.01. The Balaban J connectivity index is 1.82. The first-order valence-corrected chi connectivity index (χ1v) is 8.63. The number of hydrogen-bond acceptors (Lipinski definition) is 3. The van der Waals surface area contributed by atoms with E-state index in [0.29, 0.717) is 16.6 Å². The van der Waals surface area contributed by atoms with Gasteiger partial charge >= 0.3 is 5.97 Å². The number of benzene rings is 2. The zero-order valence-electron chi connectivity index (χ0n) is 13.4. The molecular weight excluding hydrogens is 345 g/mol. The van der Waals surface area contributed by atoms with Crippen molar-refractivity contribution in [2.24, 2.45) is 5.92 Å². The van der Waals surface area contributed by atoms with Gasteiger partial charge in [0.1, 0.15) is 0 Å². The highest BCUT2D eigenvalue weighted by molar-refractivity contribution is 6.42. The summed E-state index contributed by atoms with van der Waals surface area (Å²) in [6.45, 7) is 2.27. The van der Waals surface area contributed by atoms with E-state index < -0.39 is 0 Å². The smallest absolute Gasteiger partial charge is 0.310 e. The van der Waals surface area contributed by atoms with Crippen LogP contribution in [0.3, 0.4) is 0 Å². The topological polar surface area (TPSA) is 29.5 Å². The molecule has 2 aromatic rings. The summed E-state index contributed by atoms with van der Waals surface area (Å²) in [6, 6.07) is 15.8. The van der Waals surface area contributed by atoms with E-state index in [1.807, 2.05) is 30.3 Å². The van der Waals surface area contributed by atoms with Crippen molar-refractivity contribution < 1.29 is 9.53 Å². The fraction of sp³-hybridized carbons (Fsp3) is 0.316. The maximum atomic E-state index is 12.2. The number of likely N-dealkylation sites (tertiary alicyclic amines) is 1. The molecule has 3 rings (SSSR count). The predicted octanol–water partition coefficient (Wildman–Crippen LogP) is 4.38. The SMILES string of the molecule is COC(=O)[C@@H]1CN(Cc2ccccc2)C[C@H]1c1ccc(Cl)c(Cl)c1. The average Bonchev–Trinajstić information content (AvgIpc) is 3.01. The Morgan fingerprint density at radius 1 is 1.12 bits per heavy atom. The molecule has 3 nitrogen and oxygen atoms in total. The fourth-order valence-electron chi connectivity index (χ4n) is 3.33. The summed E-state index contributed by atoms with van der Waals surface area (Å²) in [5.41, 5.74) is 2.26. The minimum absolute atomic E-state index is 0.0518. The molecule has 1 aliphatic rings. The van der Waals surface area contributed by atoms with Crippen LogP contribution in [0.2, 0.25) is 10.0 Å². The van der Waals surface area contributed by atoms with E-state index in [1.165, 1.54) is 12.7 Å². The number of hydrogen-bond donors (Lipinski definition) is 0. The lowest BCUT2D eigenvalue weighted by Gasteiger charge is -2.17. The Labute approximate surface area is 152 Å². The Hall–Kier alpha value is -1.55. The molecule has 5 heteroatoms. The average molecular weight is 364 g/mol. The van der Waals surface area contributed by atoms with Gasteiger partial charge in [0.2, 0.25) is 0 Å². The Morgan fingerprint density at radius 2 is 1.88 bits per heavy atom. The molecule has 1 saturated heterocycles. The molecule has 1 aliphatic heterocycles. The molecule has 0 amide bonds. The fourth-order valence-corrected chi connectivity index (χ4v) is 3.63. The van der Waals surface area contributed by atoms with Gasteiger partial charge in [-0.05, 0) is 23.3 Å². The van der Waals surface area contributed by atoms with Crippen molar-refractivity contribution in [2.75, 3.05) is 20.2 Å². The van der Waals surface area contributed by atoms with Gasteiger partial charge in [-0.15, -0.1) is 0 Å². The van der Waals surface area contributed by atoms with Crippen LogP contribution in [0.1, 0.15) is 17.0 Å². The van der Waals surface area contributed by atoms with Gasteiger partial charge < -0.3 is 4.74 Å². The van der Waals surface area contributed by atoms with Gasteiger partial charge in [0, 0.05) is 25.6 Å². The molecule has 0 radical (unpaired) electrons. The van der Waals surface area contributed by atoms with E-state index >= 15 is 0 Å². The zero-order valence-corrected chi connectivity index (χ0v) is 14.9. The Morgan fingerprint density at radius 3 is 2.54 bits per heavy atom. The van der Waals surface area contributed by atoms with Crippen LogP contribution < -0.4 is 0 Å². The first kappa shape index (κ1) is 17.3. The summed E-state index contributed by atoms with van der Waals surface area (Å²) in [5.74, 6) is -0.325. The highest BCUT2D eigenvalue weighted by Gasteiger charge is 2.39. The van der Waals surface area contributed by atoms with Gasteiger partial charge in [-0.3, -0.25) is 9.69 Å². The van der Waals surface area contributed by atoms with Crippen molar-refractivity contribution in [3.8, 4) is 0 Å². The van der Waals surface area contributed by atoms with Crippen LogP contribution >= 0.6 is 23.2 Å². The second kappa shape index (κ2) is 7.56. The molecule has 0 unspecified atom stereocenters. The number of methoxy groups -OCH3 is 1. The van der Waals surface area contributed by atoms with Crippen molar-refractivity contribution in [3.63, 3.8) is 0 Å². The monoisotopic (exact) mass is 363 g/mol. The van der Waals surface area contributed by atoms with E-state index in [9.17, 15) is 4.79 Å². The molecular formula is C19H19Cl2NO2. The summed E-state index contributed by atoms with van der Waals surface area (Å²) in [4.78, 5) is 14.5. The molecule has 0 aromatic heterocycles. The van der Waals surface area contributed by atoms with Crippen molar-refractivity contribution >= 4 is 29.2 Å². The molecule has 0 spiro atoms. The minimum Gasteiger partial charge on any atom is -0.469 e. The number of rotatable bonds is 4. The van der Waals surface area contributed by atoms with Crippen LogP contribution in [-0.4, -0.2) is 31.1 Å². The Kier molecular flexibility index (Phi) is 5.44. The lowest BCUT2D eigenvalue weighted by molar-refractivity contribution is -0.145. The highest BCUT2D eigenvalue weighted by Crippen LogP contribution is 2.36. The Bertz CT molecular complexity index is 721. The molecule has 24 heavy (non-hydrogen) atoms. The summed E-state index contributed by atoms with van der Waals surface area (Å²) in [5, 5.41) is 1.04. The molecule has 2 atom stereocenters. The van der Waals surface area contributed by atoms with Crippen molar-refractivity contribution in [2.45, 2.75) is 12.5 Å². The van der Waals surface area contributed by atoms with Gasteiger partial charge in [0.05, 0.1) is 23.1 Å². The molecule has 0 aliphatic carbocycles. The van der Waals surface area contributed by atoms with Gasteiger partial charge in [0.15, 0.2) is 0 Å². The number of esters is 1. The standard InChI is InChI=1S/C19H19Cl2NO2/c1-24-19(23)16-12-22(10-13-5-3-2-4-6-13)11-15(16)14-7-8-17(20)18(21)9-14/h2-9,15-16H,10-12H2,1H3/t15-,16+/m0/s1. The first-order valence-electron chi connectivity index (χ1n) is 7.87. The number of carbonyl (C=O) groups excluding carboxylic acids is 1. The van der Waals surface area contributed by atoms with E-state index in [4.69, 9.17) is 27.9 Å². The normalized spacial score (nSPS) is 21.0. The quantitative estimate of drug-likeness (QED) is 0.754. The molecule has 2 aromatic carbocycles. The molecule has 1 heterocycles. The predicted molar refractivity (Wildman–Crippen MR) is 96.4 cm³/mol. The molecule has 126 valence electrons. The van der Waals surface area contributed by atoms with Crippen molar-refractivity contribution in [1.82, 2.24) is 4.90 Å². The van der Waals surface area contributed by atoms with E-state index in [-0.39, 0.29) is 17.8 Å². The minimum atomic E-state index is -0.198. The van der Waals surface area contributed by atoms with E-state index in [1.54, 1.807) is 6.07 Å². The molecule has 1 fully saturated rings. The third-order valence-corrected chi connectivity index (χ3v) is 5.26. The molecule has 0 saturated carbocycles. The lowest BCUT2D eigenvalue weighted by Crippen LogP contribution is -2.24. The van der Waals surface area contributed by atoms with Gasteiger partial charge in [-0.25, -0.2) is 0 Å². The van der Waals surface area contributed by atoms with Gasteiger partial charge in [-0.1, -0.05) is 59.6 Å². The number of ether oxygens (including phenoxy) is 1. The van der Waals surface area contributed by atoms with Crippen LogP contribution in [0.15, 0.2) is 48.5 Å². The first-order chi connectivity index (χ1) is 11.6. The second-order valence-corrected chi connectivity index (χ2v) is 6.90. The highest BCUT2D eigenvalue weighted by atomic mass is 35.5. The third kappa shape index (κ3) is 3.75. The van der Waals surface area contributed by atoms with Crippen LogP contribution in [-0.2, 0) is 16.1 Å². The number of nitrogens with zero attached hydrogens (tertiary/aromatic N) is 1. The van der Waals surface area contributed by atoms with Crippen LogP contribution in [0.25, 0.3) is 0 Å². The van der Waals surface area contributed by atoms with Crippen molar-refractivity contribution in [3.05, 3.63) is 69.7 Å². The number of carbonyl (C=O) groups is 1. The zero-order chi connectivity index (χ0) is 17.1. The van der Waals surface area contributed by atoms with Gasteiger partial charge in [-0.2, -0.15) is 0 Å². The van der Waals surface area contributed by atoms with E-state index in [0.717, 1.165) is 18.7 Å². The largest absolute Gasteiger partial charge is 0.469 e. The molecule has 0 bridgehead atoms. The van der Waals surface area contributed by atoms with Crippen molar-refractivity contribution in [1.29, 1.82) is 0 Å². The van der Waals surface area contributed by atoms with Crippen LogP contribution in [0, 0.1) is 5.92 Å².